The van der Waals surface area contributed by atoms with Crippen LogP contribution in [0.4, 0.5) is 9.52 Å². The van der Waals surface area contributed by atoms with Crippen LogP contribution in [0.15, 0.2) is 5.16 Å². The predicted molar refractivity (Wildman–Crippen MR) is 56.0 cm³/mol. The van der Waals surface area contributed by atoms with Crippen LogP contribution in [0, 0.1) is 0 Å². The quantitative estimate of drug-likeness (QED) is 0.502. The molecule has 0 spiro atoms. The summed E-state index contributed by atoms with van der Waals surface area (Å²) in [7, 11) is 0. The first kappa shape index (κ1) is 14.0. The molecule has 1 rings (SSSR count). The van der Waals surface area contributed by atoms with Crippen LogP contribution in [0.1, 0.15) is 5.82 Å². The molecule has 1 aromatic rings. The van der Waals surface area contributed by atoms with E-state index in [1.54, 1.807) is 0 Å². The van der Waals surface area contributed by atoms with Gasteiger partial charge in [0.15, 0.2) is 5.13 Å². The molecule has 1 heterocycles. The second-order valence-corrected chi connectivity index (χ2v) is 3.03. The molecule has 0 atom stereocenters. The minimum atomic E-state index is -1.17. The van der Waals surface area contributed by atoms with Gasteiger partial charge in [-0.25, -0.2) is 4.39 Å². The number of hydrogen-bond acceptors (Lipinski definition) is 7. The number of alkyl halides is 1. The number of nitrogens with two attached hydrogens (primary N) is 1. The summed E-state index contributed by atoms with van der Waals surface area (Å²) in [5.41, 5.74) is 4.89. The monoisotopic (exact) mass is 274 g/mol. The Hall–Kier alpha value is -0.990. The highest BCUT2D eigenvalue weighted by atomic mass is 35.5. The molecule has 84 valence electrons. The van der Waals surface area contributed by atoms with E-state index in [1.165, 1.54) is 0 Å². The van der Waals surface area contributed by atoms with E-state index in [4.69, 9.17) is 17.3 Å². The van der Waals surface area contributed by atoms with Crippen molar-refractivity contribution in [2.24, 2.45) is 5.16 Å². The Labute approximate surface area is 98.8 Å². The largest absolute Gasteiger partial charge is 0.374 e. The van der Waals surface area contributed by atoms with Gasteiger partial charge in [0.25, 0.3) is 12.1 Å². The van der Waals surface area contributed by atoms with Gasteiger partial charge in [0.05, 0.1) is 0 Å². The van der Waals surface area contributed by atoms with Crippen molar-refractivity contribution in [3.8, 4) is 0 Å². The first-order valence-electron chi connectivity index (χ1n) is 3.20. The third kappa shape index (κ3) is 3.94. The number of rotatable bonds is 4. The zero-order chi connectivity index (χ0) is 10.6. The molecule has 0 bridgehead atoms. The summed E-state index contributed by atoms with van der Waals surface area (Å²) in [6.45, 7) is -1.17. The molecule has 0 aromatic carbocycles. The van der Waals surface area contributed by atoms with Gasteiger partial charge >= 0.3 is 0 Å². The summed E-state index contributed by atoms with van der Waals surface area (Å²) in [5, 5.41) is 2.31. The van der Waals surface area contributed by atoms with E-state index in [1.807, 2.05) is 0 Å². The van der Waals surface area contributed by atoms with Gasteiger partial charge in [-0.2, -0.15) is 9.36 Å². The highest BCUT2D eigenvalue weighted by Gasteiger charge is 2.17. The molecular formula is C5H5Cl2FN4O2S. The maximum absolute atomic E-state index is 11.6. The van der Waals surface area contributed by atoms with Gasteiger partial charge in [-0.05, 0) is 11.6 Å². The number of nitrogens with zero attached hydrogens (tertiary/aromatic N) is 3. The molecule has 6 nitrogen and oxygen atoms in total. The van der Waals surface area contributed by atoms with Crippen molar-refractivity contribution in [2.45, 2.75) is 0 Å². The molecule has 0 fully saturated rings. The van der Waals surface area contributed by atoms with Gasteiger partial charge in [-0.15, -0.1) is 12.4 Å². The van der Waals surface area contributed by atoms with Crippen LogP contribution >= 0.6 is 35.5 Å². The molecule has 0 amide bonds. The van der Waals surface area contributed by atoms with Crippen LogP contribution in [-0.4, -0.2) is 27.2 Å². The van der Waals surface area contributed by atoms with Gasteiger partial charge in [-0.3, -0.25) is 4.79 Å². The van der Waals surface area contributed by atoms with Crippen molar-refractivity contribution >= 4 is 51.6 Å². The van der Waals surface area contributed by atoms with Crippen LogP contribution < -0.4 is 5.73 Å². The summed E-state index contributed by atoms with van der Waals surface area (Å²) in [5.74, 6) is -0.0825. The predicted octanol–water partition coefficient (Wildman–Crippen LogP) is 0.955. The fraction of sp³-hybridized carbons (Fsp3) is 0.200. The Kier molecular flexibility index (Phi) is 6.06. The number of carbonyl (C=O) groups excluding carboxylic acids is 1. The molecule has 10 heteroatoms. The zero-order valence-corrected chi connectivity index (χ0v) is 9.40. The van der Waals surface area contributed by atoms with Gasteiger partial charge in [-0.1, -0.05) is 5.16 Å². The van der Waals surface area contributed by atoms with Crippen LogP contribution in [0.3, 0.4) is 0 Å². The van der Waals surface area contributed by atoms with Crippen LogP contribution in [0.25, 0.3) is 0 Å². The second-order valence-electron chi connectivity index (χ2n) is 1.91. The summed E-state index contributed by atoms with van der Waals surface area (Å²) in [4.78, 5) is 18.4. The molecule has 15 heavy (non-hydrogen) atoms. The Balaban J connectivity index is 0.00000196. The number of anilines is 1. The number of oxime groups is 1. The topological polar surface area (TPSA) is 90.5 Å². The average molecular weight is 275 g/mol. The van der Waals surface area contributed by atoms with E-state index in [0.717, 1.165) is 11.5 Å². The zero-order valence-electron chi connectivity index (χ0n) is 7.02. The van der Waals surface area contributed by atoms with Crippen LogP contribution in [-0.2, 0) is 9.63 Å². The standard InChI is InChI=1S/C5H4ClFN4O2S.ClH/c6-3(12)2(10-13-1-7)4-9-5(8)14-11-4;/h1H2,(H2,8,9,11);1H/b10-2+;. The lowest BCUT2D eigenvalue weighted by atomic mass is 10.4. The summed E-state index contributed by atoms with van der Waals surface area (Å²) in [6.07, 6.45) is 0. The maximum Gasteiger partial charge on any atom is 0.278 e. The number of nitrogen functional groups attached to an aromatic ring is 1. The van der Waals surface area contributed by atoms with Crippen molar-refractivity contribution in [3.63, 3.8) is 0 Å². The molecule has 0 aliphatic rings. The molecule has 0 saturated carbocycles. The lowest BCUT2D eigenvalue weighted by Crippen LogP contribution is -2.12. The average Bonchev–Trinajstić information content (AvgIpc) is 2.52. The molecule has 2 N–H and O–H groups in total. The molecular weight excluding hydrogens is 270 g/mol. The smallest absolute Gasteiger partial charge is 0.278 e. The van der Waals surface area contributed by atoms with E-state index in [-0.39, 0.29) is 29.1 Å². The van der Waals surface area contributed by atoms with E-state index >= 15 is 0 Å². The van der Waals surface area contributed by atoms with E-state index in [9.17, 15) is 9.18 Å². The van der Waals surface area contributed by atoms with E-state index < -0.39 is 12.1 Å². The normalized spacial score (nSPS) is 10.7. The number of aromatic nitrogens is 2. The molecule has 0 saturated heterocycles. The Bertz CT molecular complexity index is 372. The van der Waals surface area contributed by atoms with Gasteiger partial charge in [0, 0.05) is 11.5 Å². The first-order chi connectivity index (χ1) is 6.65. The van der Waals surface area contributed by atoms with Crippen LogP contribution in [0.2, 0.25) is 0 Å². The lowest BCUT2D eigenvalue weighted by molar-refractivity contribution is -0.106. The summed E-state index contributed by atoms with van der Waals surface area (Å²) < 4.78 is 15.2. The van der Waals surface area contributed by atoms with Crippen molar-refractivity contribution in [1.82, 2.24) is 9.36 Å². The summed E-state index contributed by atoms with van der Waals surface area (Å²) in [6, 6.07) is 0. The SMILES string of the molecule is Cl.Nc1nc(/C(=N/OCF)C(=O)Cl)ns1. The van der Waals surface area contributed by atoms with Crippen molar-refractivity contribution in [3.05, 3.63) is 5.82 Å². The lowest BCUT2D eigenvalue weighted by Gasteiger charge is -1.93. The van der Waals surface area contributed by atoms with E-state index in [2.05, 4.69) is 19.4 Å². The Morgan fingerprint density at radius 3 is 2.80 bits per heavy atom. The van der Waals surface area contributed by atoms with Crippen molar-refractivity contribution in [2.75, 3.05) is 12.6 Å². The highest BCUT2D eigenvalue weighted by molar-refractivity contribution is 7.09. The number of halogens is 3. The number of carbonyl (C=O) groups is 1. The molecule has 0 unspecified atom stereocenters. The van der Waals surface area contributed by atoms with Crippen molar-refractivity contribution < 1.29 is 14.0 Å². The molecule has 0 aliphatic carbocycles. The van der Waals surface area contributed by atoms with Crippen molar-refractivity contribution in [1.29, 1.82) is 0 Å². The second kappa shape index (κ2) is 6.49. The van der Waals surface area contributed by atoms with Crippen LogP contribution in [0.5, 0.6) is 0 Å². The third-order valence-electron chi connectivity index (χ3n) is 1.04. The maximum atomic E-state index is 11.6. The van der Waals surface area contributed by atoms with Gasteiger partial charge in [0.1, 0.15) is 0 Å². The fourth-order valence-electron chi connectivity index (χ4n) is 0.585. The number of hydrogen-bond donors (Lipinski definition) is 1. The first-order valence-corrected chi connectivity index (χ1v) is 4.35. The summed E-state index contributed by atoms with van der Waals surface area (Å²) >= 11 is 5.99. The minimum Gasteiger partial charge on any atom is -0.374 e. The molecule has 0 aliphatic heterocycles. The van der Waals surface area contributed by atoms with Gasteiger partial charge in [0.2, 0.25) is 11.5 Å². The molecule has 1 aromatic heterocycles. The van der Waals surface area contributed by atoms with Gasteiger partial charge < -0.3 is 10.6 Å². The molecule has 0 radical (unpaired) electrons. The third-order valence-corrected chi connectivity index (χ3v) is 1.77. The Morgan fingerprint density at radius 1 is 1.73 bits per heavy atom. The highest BCUT2D eigenvalue weighted by Crippen LogP contribution is 2.08. The fourth-order valence-corrected chi connectivity index (χ4v) is 1.14. The minimum absolute atomic E-state index is 0. The van der Waals surface area contributed by atoms with E-state index in [0.29, 0.717) is 0 Å². The Morgan fingerprint density at radius 2 is 2.40 bits per heavy atom.